The predicted molar refractivity (Wildman–Crippen MR) is 114 cm³/mol. The van der Waals surface area contributed by atoms with E-state index in [-0.39, 0.29) is 23.8 Å². The number of hydrogen-bond acceptors (Lipinski definition) is 4. The van der Waals surface area contributed by atoms with Crippen molar-refractivity contribution in [1.29, 1.82) is 0 Å². The molecule has 1 aliphatic heterocycles. The summed E-state index contributed by atoms with van der Waals surface area (Å²) in [6.45, 7) is 5.78. The monoisotopic (exact) mass is 429 g/mol. The number of benzene rings is 2. The molecule has 0 N–H and O–H groups in total. The highest BCUT2D eigenvalue weighted by atomic mass is 32.2. The summed E-state index contributed by atoms with van der Waals surface area (Å²) in [6, 6.07) is 9.59. The molecule has 30 heavy (non-hydrogen) atoms. The van der Waals surface area contributed by atoms with Crippen molar-refractivity contribution in [3.8, 4) is 0 Å². The summed E-state index contributed by atoms with van der Waals surface area (Å²) >= 11 is 0. The number of halogens is 1. The number of sulfone groups is 1. The molecule has 0 bridgehead atoms. The molecule has 158 valence electrons. The van der Waals surface area contributed by atoms with E-state index < -0.39 is 27.6 Å². The summed E-state index contributed by atoms with van der Waals surface area (Å²) in [5.41, 5.74) is 3.81. The van der Waals surface area contributed by atoms with Gasteiger partial charge in [0.05, 0.1) is 11.5 Å². The number of furan rings is 1. The van der Waals surface area contributed by atoms with Gasteiger partial charge in [-0.1, -0.05) is 18.2 Å². The molecule has 4 rings (SSSR count). The van der Waals surface area contributed by atoms with Gasteiger partial charge in [-0.15, -0.1) is 0 Å². The number of carbonyl (C=O) groups excluding carboxylic acids is 1. The van der Waals surface area contributed by atoms with Gasteiger partial charge in [0.25, 0.3) is 5.91 Å². The zero-order chi connectivity index (χ0) is 21.6. The largest absolute Gasteiger partial charge is 0.451 e. The summed E-state index contributed by atoms with van der Waals surface area (Å²) in [4.78, 5) is 15.0. The molecule has 1 aromatic heterocycles. The van der Waals surface area contributed by atoms with Crippen molar-refractivity contribution in [2.75, 3.05) is 11.5 Å². The van der Waals surface area contributed by atoms with Crippen molar-refractivity contribution in [1.82, 2.24) is 4.90 Å². The Morgan fingerprint density at radius 1 is 1.17 bits per heavy atom. The van der Waals surface area contributed by atoms with Gasteiger partial charge in [0, 0.05) is 29.1 Å². The summed E-state index contributed by atoms with van der Waals surface area (Å²) in [7, 11) is -3.22. The Hall–Kier alpha value is -2.67. The average Bonchev–Trinajstić information content (AvgIpc) is 3.20. The van der Waals surface area contributed by atoms with Gasteiger partial charge in [-0.2, -0.15) is 0 Å². The number of rotatable bonds is 4. The minimum absolute atomic E-state index is 0.0137. The lowest BCUT2D eigenvalue weighted by Crippen LogP contribution is -2.41. The third-order valence-electron chi connectivity index (χ3n) is 5.96. The lowest BCUT2D eigenvalue weighted by atomic mass is 10.0. The second kappa shape index (κ2) is 7.54. The van der Waals surface area contributed by atoms with Gasteiger partial charge >= 0.3 is 0 Å². The standard InChI is InChI=1S/C23H24FNO4S/c1-14-10-19-16(3)22(29-21(19)11-15(14)2)23(26)25(18-8-9-30(27,28)13-18)12-17-6-4-5-7-20(17)24/h4-7,10-11,18H,8-9,12-13H2,1-3H3. The van der Waals surface area contributed by atoms with Gasteiger partial charge in [0.2, 0.25) is 0 Å². The van der Waals surface area contributed by atoms with Crippen molar-refractivity contribution < 1.29 is 22.0 Å². The van der Waals surface area contributed by atoms with E-state index in [9.17, 15) is 17.6 Å². The van der Waals surface area contributed by atoms with Crippen LogP contribution in [-0.2, 0) is 16.4 Å². The average molecular weight is 430 g/mol. The zero-order valence-electron chi connectivity index (χ0n) is 17.2. The first-order chi connectivity index (χ1) is 14.2. The van der Waals surface area contributed by atoms with E-state index in [1.165, 1.54) is 11.0 Å². The van der Waals surface area contributed by atoms with Crippen molar-refractivity contribution in [2.24, 2.45) is 0 Å². The molecule has 1 unspecified atom stereocenters. The van der Waals surface area contributed by atoms with Gasteiger partial charge in [-0.3, -0.25) is 4.79 Å². The van der Waals surface area contributed by atoms with E-state index in [4.69, 9.17) is 4.42 Å². The highest BCUT2D eigenvalue weighted by molar-refractivity contribution is 7.91. The first-order valence-corrected chi connectivity index (χ1v) is 11.7. The van der Waals surface area contributed by atoms with Crippen LogP contribution in [0.2, 0.25) is 0 Å². The minimum Gasteiger partial charge on any atom is -0.451 e. The van der Waals surface area contributed by atoms with Crippen LogP contribution in [0.3, 0.4) is 0 Å². The number of hydrogen-bond donors (Lipinski definition) is 0. The Kier molecular flexibility index (Phi) is 5.18. The Morgan fingerprint density at radius 2 is 1.87 bits per heavy atom. The van der Waals surface area contributed by atoms with Gasteiger partial charge in [-0.25, -0.2) is 12.8 Å². The molecule has 3 aromatic rings. The highest BCUT2D eigenvalue weighted by Crippen LogP contribution is 2.31. The molecule has 2 aromatic carbocycles. The van der Waals surface area contributed by atoms with Crippen LogP contribution in [0.25, 0.3) is 11.0 Å². The fourth-order valence-corrected chi connectivity index (χ4v) is 5.74. The van der Waals surface area contributed by atoms with Crippen LogP contribution in [0.1, 0.15) is 39.2 Å². The third-order valence-corrected chi connectivity index (χ3v) is 7.71. The van der Waals surface area contributed by atoms with E-state index in [1.54, 1.807) is 18.2 Å². The molecule has 5 nitrogen and oxygen atoms in total. The molecule has 1 saturated heterocycles. The van der Waals surface area contributed by atoms with E-state index >= 15 is 0 Å². The van der Waals surface area contributed by atoms with Crippen molar-refractivity contribution >= 4 is 26.7 Å². The molecule has 0 radical (unpaired) electrons. The molecule has 0 aliphatic carbocycles. The van der Waals surface area contributed by atoms with Crippen LogP contribution in [0.15, 0.2) is 40.8 Å². The number of carbonyl (C=O) groups is 1. The molecule has 0 saturated carbocycles. The predicted octanol–water partition coefficient (Wildman–Crippen LogP) is 4.33. The summed E-state index contributed by atoms with van der Waals surface area (Å²) in [5, 5.41) is 0.853. The lowest BCUT2D eigenvalue weighted by Gasteiger charge is -2.28. The molecule has 7 heteroatoms. The second-order valence-electron chi connectivity index (χ2n) is 8.07. The van der Waals surface area contributed by atoms with Crippen molar-refractivity contribution in [3.63, 3.8) is 0 Å². The molecule has 2 heterocycles. The molecule has 1 fully saturated rings. The number of nitrogens with zero attached hydrogens (tertiary/aromatic N) is 1. The summed E-state index contributed by atoms with van der Waals surface area (Å²) < 4.78 is 44.4. The minimum atomic E-state index is -3.22. The summed E-state index contributed by atoms with van der Waals surface area (Å²) in [5.74, 6) is -0.760. The Labute approximate surface area is 175 Å². The maximum Gasteiger partial charge on any atom is 0.290 e. The van der Waals surface area contributed by atoms with Crippen LogP contribution < -0.4 is 0 Å². The van der Waals surface area contributed by atoms with Crippen LogP contribution in [0.5, 0.6) is 0 Å². The fraction of sp³-hybridized carbons (Fsp3) is 0.348. The van der Waals surface area contributed by atoms with Crippen LogP contribution >= 0.6 is 0 Å². The number of fused-ring (bicyclic) bond motifs is 1. The first-order valence-electron chi connectivity index (χ1n) is 9.91. The number of aryl methyl sites for hydroxylation is 3. The van der Waals surface area contributed by atoms with Gasteiger partial charge in [-0.05, 0) is 56.5 Å². The van der Waals surface area contributed by atoms with E-state index in [0.717, 1.165) is 16.5 Å². The second-order valence-corrected chi connectivity index (χ2v) is 10.3. The molecule has 0 spiro atoms. The van der Waals surface area contributed by atoms with E-state index in [2.05, 4.69) is 0 Å². The van der Waals surface area contributed by atoms with Crippen molar-refractivity contribution in [2.45, 2.75) is 39.8 Å². The molecular weight excluding hydrogens is 405 g/mol. The summed E-state index contributed by atoms with van der Waals surface area (Å²) in [6.07, 6.45) is 0.333. The van der Waals surface area contributed by atoms with Crippen LogP contribution in [0.4, 0.5) is 4.39 Å². The Morgan fingerprint density at radius 3 is 2.53 bits per heavy atom. The first kappa shape index (κ1) is 20.6. The topological polar surface area (TPSA) is 67.6 Å². The fourth-order valence-electron chi connectivity index (χ4n) is 4.01. The lowest BCUT2D eigenvalue weighted by molar-refractivity contribution is 0.0647. The maximum absolute atomic E-state index is 14.3. The zero-order valence-corrected chi connectivity index (χ0v) is 18.1. The van der Waals surface area contributed by atoms with E-state index in [1.807, 2.05) is 32.9 Å². The van der Waals surface area contributed by atoms with Crippen LogP contribution in [0, 0.1) is 26.6 Å². The van der Waals surface area contributed by atoms with Crippen molar-refractivity contribution in [3.05, 3.63) is 70.2 Å². The van der Waals surface area contributed by atoms with Gasteiger partial charge < -0.3 is 9.32 Å². The normalized spacial score (nSPS) is 18.1. The highest BCUT2D eigenvalue weighted by Gasteiger charge is 2.37. The van der Waals surface area contributed by atoms with Gasteiger partial charge in [0.15, 0.2) is 15.6 Å². The molecule has 1 atom stereocenters. The Bertz CT molecular complexity index is 1250. The molecular formula is C23H24FNO4S. The maximum atomic E-state index is 14.3. The van der Waals surface area contributed by atoms with Crippen LogP contribution in [-0.4, -0.2) is 36.8 Å². The third kappa shape index (κ3) is 3.74. The molecule has 1 amide bonds. The SMILES string of the molecule is Cc1cc2oc(C(=O)N(Cc3ccccc3F)C3CCS(=O)(=O)C3)c(C)c2cc1C. The quantitative estimate of drug-likeness (QED) is 0.619. The van der Waals surface area contributed by atoms with E-state index in [0.29, 0.717) is 23.1 Å². The Balaban J connectivity index is 1.77. The smallest absolute Gasteiger partial charge is 0.290 e. The van der Waals surface area contributed by atoms with Gasteiger partial charge in [0.1, 0.15) is 11.4 Å². The number of amides is 1. The molecule has 1 aliphatic rings.